The number of rotatable bonds is 0. The van der Waals surface area contributed by atoms with Crippen molar-refractivity contribution >= 4 is 0 Å². The van der Waals surface area contributed by atoms with Gasteiger partial charge in [0, 0.05) is 0 Å². The van der Waals surface area contributed by atoms with Gasteiger partial charge in [0.25, 0.3) is 0 Å². The van der Waals surface area contributed by atoms with Crippen LogP contribution in [0.3, 0.4) is 0 Å². The summed E-state index contributed by atoms with van der Waals surface area (Å²) in [5.41, 5.74) is 0. The Labute approximate surface area is 60.7 Å². The van der Waals surface area contributed by atoms with Crippen molar-refractivity contribution in [2.24, 2.45) is 0 Å². The fourth-order valence-electron chi connectivity index (χ4n) is 0. The first kappa shape index (κ1) is 15.7. The molecular weight excluding hydrogens is 207 g/mol. The van der Waals surface area contributed by atoms with E-state index in [-0.39, 0.29) is 31.7 Å². The van der Waals surface area contributed by atoms with Crippen LogP contribution in [0.15, 0.2) is 0 Å². The molecule has 7 heteroatoms. The van der Waals surface area contributed by atoms with E-state index >= 15 is 0 Å². The molecule has 0 fully saturated rings. The molecule has 0 amide bonds. The average Bonchev–Trinajstić information content (AvgIpc) is 0.722. The van der Waals surface area contributed by atoms with E-state index in [0.717, 1.165) is 0 Å². The summed E-state index contributed by atoms with van der Waals surface area (Å²) < 4.78 is 34.0. The molecule has 0 atom stereocenters. The molecule has 5 nitrogen and oxygen atoms in total. The summed E-state index contributed by atoms with van der Waals surface area (Å²) in [7, 11) is -4.94. The Morgan fingerprint density at radius 3 is 0.857 bits per heavy atom. The van der Waals surface area contributed by atoms with E-state index in [0.29, 0.717) is 0 Å². The predicted octanol–water partition coefficient (Wildman–Crippen LogP) is -4.88. The molecule has 0 saturated heterocycles. The molecule has 0 aliphatic carbocycles. The summed E-state index contributed by atoms with van der Waals surface area (Å²) >= 11 is 0. The minimum Gasteiger partial charge on any atom is -2.00 e. The van der Waals surface area contributed by atoms with E-state index in [4.69, 9.17) is 18.6 Å². The fourth-order valence-corrected chi connectivity index (χ4v) is 0. The molecule has 0 bridgehead atoms. The van der Waals surface area contributed by atoms with Crippen LogP contribution >= 0.6 is 0 Å². The van der Waals surface area contributed by atoms with E-state index in [1.165, 1.54) is 0 Å². The molecule has 0 aromatic heterocycles. The van der Waals surface area contributed by atoms with Gasteiger partial charge in [-0.2, -0.15) is 0 Å². The van der Waals surface area contributed by atoms with E-state index in [9.17, 15) is 0 Å². The van der Waals surface area contributed by atoms with Gasteiger partial charge in [0.1, 0.15) is 0 Å². The van der Waals surface area contributed by atoms with Crippen LogP contribution in [-0.4, -0.2) is 0 Å². The van der Waals surface area contributed by atoms with Gasteiger partial charge < -0.3 is 5.48 Å². The van der Waals surface area contributed by atoms with Crippen molar-refractivity contribution in [3.05, 3.63) is 0 Å². The molecule has 7 heavy (non-hydrogen) atoms. The molecule has 1 radical (unpaired) electrons. The van der Waals surface area contributed by atoms with Crippen molar-refractivity contribution in [3.8, 4) is 0 Å². The molecule has 0 heterocycles. The third-order valence-corrected chi connectivity index (χ3v) is 0. The predicted molar refractivity (Wildman–Crippen MR) is 0.686 cm³/mol. The minimum atomic E-state index is -4.94. The van der Waals surface area contributed by atoms with Crippen molar-refractivity contribution in [2.45, 2.75) is 0 Å². The number of hydrogen-bond acceptors (Lipinski definition) is 4. The van der Waals surface area contributed by atoms with Crippen LogP contribution in [0.4, 0.5) is 0 Å². The Bertz CT molecular complexity index is 23.6. The summed E-state index contributed by atoms with van der Waals surface area (Å²) in [6, 6.07) is 0. The molecule has 0 aliphatic rings. The minimum absolute atomic E-state index is 0. The molecule has 0 rings (SSSR count). The van der Waals surface area contributed by atoms with Crippen molar-refractivity contribution in [1.29, 1.82) is 0 Å². The van der Waals surface area contributed by atoms with Crippen LogP contribution in [0.1, 0.15) is 0 Å². The summed E-state index contributed by atoms with van der Waals surface area (Å²) in [5.74, 6) is 0. The van der Waals surface area contributed by atoms with Crippen molar-refractivity contribution in [1.82, 2.24) is 0 Å². The largest absolute Gasteiger partial charge is 3.00 e. The Morgan fingerprint density at radius 1 is 0.857 bits per heavy atom. The van der Waals surface area contributed by atoms with Gasteiger partial charge in [0.15, 0.2) is 0 Å². The van der Waals surface area contributed by atoms with E-state index < -0.39 is 10.2 Å². The summed E-state index contributed by atoms with van der Waals surface area (Å²) in [6.07, 6.45) is 0. The number of halogens is 1. The molecule has 41 valence electrons. The van der Waals surface area contributed by atoms with E-state index in [2.05, 4.69) is 0 Å². The van der Waals surface area contributed by atoms with Gasteiger partial charge in [-0.1, -0.05) is 0 Å². The zero-order valence-corrected chi connectivity index (χ0v) is 6.13. The van der Waals surface area contributed by atoms with Gasteiger partial charge in [0.2, 0.25) is 0 Å². The standard InChI is InChI=1S/ClHO4.O.Zr/c2-1(3,4)5;;/h(H,2,3,4,5);;/q;-2;+3/p-1. The Hall–Kier alpha value is 0.973. The average molecular weight is 207 g/mol. The maximum atomic E-state index is 8.49. The molecule has 0 aromatic carbocycles. The van der Waals surface area contributed by atoms with Crippen LogP contribution in [0.25, 0.3) is 0 Å². The quantitative estimate of drug-likeness (QED) is 0.394. The second-order valence-electron chi connectivity index (χ2n) is 0.378. The maximum absolute atomic E-state index is 8.49. The fraction of sp³-hybridized carbons (Fsp3) is 0. The summed E-state index contributed by atoms with van der Waals surface area (Å²) in [6.45, 7) is 0. The SMILES string of the molecule is [O-2].[O-][Cl+3]([O-])([O-])[O-].[Zr+3]. The molecule has 0 aromatic rings. The summed E-state index contributed by atoms with van der Waals surface area (Å²) in [4.78, 5) is 0. The smallest absolute Gasteiger partial charge is 2.00 e. The van der Waals surface area contributed by atoms with Gasteiger partial charge in [-0.3, -0.25) is 0 Å². The van der Waals surface area contributed by atoms with Crippen molar-refractivity contribution in [2.75, 3.05) is 0 Å². The zero-order valence-electron chi connectivity index (χ0n) is 2.92. The van der Waals surface area contributed by atoms with Gasteiger partial charge in [-0.05, 0) is 0 Å². The first-order valence-electron chi connectivity index (χ1n) is 0.617. The molecule has 0 aliphatic heterocycles. The topological polar surface area (TPSA) is 121 Å². The first-order chi connectivity index (χ1) is 2.00. The van der Waals surface area contributed by atoms with Crippen LogP contribution in [0.5, 0.6) is 0 Å². The Morgan fingerprint density at radius 2 is 0.857 bits per heavy atom. The molecule has 0 spiro atoms. The van der Waals surface area contributed by atoms with E-state index in [1.807, 2.05) is 0 Å². The number of hydrogen-bond donors (Lipinski definition) is 0. The van der Waals surface area contributed by atoms with Crippen LogP contribution < -0.4 is 18.6 Å². The van der Waals surface area contributed by atoms with Crippen LogP contribution in [-0.2, 0) is 31.7 Å². The van der Waals surface area contributed by atoms with Gasteiger partial charge >= 0.3 is 26.2 Å². The monoisotopic (exact) mass is 205 g/mol. The third kappa shape index (κ3) is 182. The summed E-state index contributed by atoms with van der Waals surface area (Å²) in [5, 5.41) is 0. The van der Waals surface area contributed by atoms with Gasteiger partial charge in [-0.15, -0.1) is 10.2 Å². The van der Waals surface area contributed by atoms with Gasteiger partial charge in [-0.25, -0.2) is 18.6 Å². The Balaban J connectivity index is -0.0000000800. The normalized spacial score (nSPS) is 8.57. The third-order valence-electron chi connectivity index (χ3n) is 0. The molecular formula is ClO5Zr. The first-order valence-corrected chi connectivity index (χ1v) is 1.85. The maximum Gasteiger partial charge on any atom is 3.00 e. The molecule has 0 unspecified atom stereocenters. The second kappa shape index (κ2) is 5.12. The Kier molecular flexibility index (Phi) is 11.5. The van der Waals surface area contributed by atoms with Gasteiger partial charge in [0.05, 0.1) is 0 Å². The second-order valence-corrected chi connectivity index (χ2v) is 1.13. The molecule has 0 saturated carbocycles. The van der Waals surface area contributed by atoms with E-state index in [1.54, 1.807) is 0 Å². The zero-order chi connectivity index (χ0) is 4.50. The van der Waals surface area contributed by atoms with Crippen molar-refractivity contribution in [3.63, 3.8) is 0 Å². The molecule has 0 N–H and O–H groups in total. The van der Waals surface area contributed by atoms with Crippen LogP contribution in [0, 0.1) is 10.2 Å². The van der Waals surface area contributed by atoms with Crippen LogP contribution in [0.2, 0.25) is 0 Å². The van der Waals surface area contributed by atoms with Crippen molar-refractivity contribution < 1.29 is 60.6 Å².